The maximum atomic E-state index is 14.7. The van der Waals surface area contributed by atoms with Crippen LogP contribution in [0.1, 0.15) is 50.1 Å². The van der Waals surface area contributed by atoms with Crippen molar-refractivity contribution in [2.45, 2.75) is 32.0 Å². The highest BCUT2D eigenvalue weighted by Gasteiger charge is 2.19. The maximum Gasteiger partial charge on any atom is 0.271 e. The lowest BCUT2D eigenvalue weighted by molar-refractivity contribution is 0.0946. The summed E-state index contributed by atoms with van der Waals surface area (Å²) in [5.41, 5.74) is 4.61. The first-order valence-corrected chi connectivity index (χ1v) is 14.4. The van der Waals surface area contributed by atoms with Gasteiger partial charge in [-0.15, -0.1) is 11.3 Å². The third-order valence-corrected chi connectivity index (χ3v) is 7.76. The summed E-state index contributed by atoms with van der Waals surface area (Å²) in [6.07, 6.45) is 0.859. The Hall–Kier alpha value is -4.13. The average molecular weight is 550 g/mol. The lowest BCUT2D eigenvalue weighted by Crippen LogP contribution is -2.26. The summed E-state index contributed by atoms with van der Waals surface area (Å²) in [5, 5.41) is 5.58. The van der Waals surface area contributed by atoms with Gasteiger partial charge in [0.05, 0.1) is 6.54 Å². The van der Waals surface area contributed by atoms with Gasteiger partial charge in [0.25, 0.3) is 5.91 Å². The van der Waals surface area contributed by atoms with Crippen molar-refractivity contribution in [1.29, 1.82) is 0 Å². The summed E-state index contributed by atoms with van der Waals surface area (Å²) in [7, 11) is 0. The Morgan fingerprint density at radius 1 is 0.800 bits per heavy atom. The van der Waals surface area contributed by atoms with Gasteiger partial charge in [-0.3, -0.25) is 9.69 Å². The van der Waals surface area contributed by atoms with Crippen molar-refractivity contribution in [3.63, 3.8) is 0 Å². The minimum Gasteiger partial charge on any atom is -0.347 e. The molecule has 0 unspecified atom stereocenters. The number of benzene rings is 4. The fraction of sp³-hybridized carbons (Fsp3) is 0.176. The first-order valence-electron chi connectivity index (χ1n) is 13.5. The van der Waals surface area contributed by atoms with Gasteiger partial charge >= 0.3 is 0 Å². The van der Waals surface area contributed by atoms with Gasteiger partial charge in [-0.25, -0.2) is 9.37 Å². The van der Waals surface area contributed by atoms with Crippen molar-refractivity contribution in [1.82, 2.24) is 15.2 Å². The molecule has 5 rings (SSSR count). The van der Waals surface area contributed by atoms with Crippen LogP contribution in [0.15, 0.2) is 121 Å². The monoisotopic (exact) mass is 549 g/mol. The van der Waals surface area contributed by atoms with E-state index < -0.39 is 0 Å². The van der Waals surface area contributed by atoms with E-state index in [4.69, 9.17) is 0 Å². The molecule has 40 heavy (non-hydrogen) atoms. The van der Waals surface area contributed by atoms with Crippen LogP contribution in [0.25, 0.3) is 0 Å². The molecule has 4 nitrogen and oxygen atoms in total. The number of halogens is 1. The fourth-order valence-corrected chi connectivity index (χ4v) is 5.65. The Kier molecular flexibility index (Phi) is 9.46. The van der Waals surface area contributed by atoms with Crippen LogP contribution in [-0.4, -0.2) is 22.3 Å². The van der Waals surface area contributed by atoms with Crippen LogP contribution in [0.5, 0.6) is 0 Å². The number of rotatable bonds is 12. The molecule has 4 aromatic carbocycles. The third kappa shape index (κ3) is 7.50. The van der Waals surface area contributed by atoms with Crippen LogP contribution in [0.3, 0.4) is 0 Å². The number of amides is 1. The Labute approximate surface area is 239 Å². The van der Waals surface area contributed by atoms with E-state index in [1.54, 1.807) is 11.4 Å². The smallest absolute Gasteiger partial charge is 0.271 e. The van der Waals surface area contributed by atoms with Crippen molar-refractivity contribution in [2.75, 3.05) is 6.54 Å². The normalized spacial score (nSPS) is 11.2. The third-order valence-electron chi connectivity index (χ3n) is 6.93. The number of thiazole rings is 1. The van der Waals surface area contributed by atoms with Gasteiger partial charge in [0.15, 0.2) is 0 Å². The number of hydrogen-bond acceptors (Lipinski definition) is 4. The zero-order chi connectivity index (χ0) is 27.6. The van der Waals surface area contributed by atoms with Crippen molar-refractivity contribution >= 4 is 17.2 Å². The van der Waals surface area contributed by atoms with Crippen molar-refractivity contribution < 1.29 is 9.18 Å². The van der Waals surface area contributed by atoms with Gasteiger partial charge in [0, 0.05) is 30.0 Å². The topological polar surface area (TPSA) is 45.2 Å². The molecule has 0 aliphatic rings. The Morgan fingerprint density at radius 2 is 1.40 bits per heavy atom. The van der Waals surface area contributed by atoms with Gasteiger partial charge in [0.1, 0.15) is 16.5 Å². The van der Waals surface area contributed by atoms with Crippen LogP contribution in [-0.2, 0) is 19.6 Å². The van der Waals surface area contributed by atoms with Crippen LogP contribution >= 0.6 is 11.3 Å². The molecule has 0 atom stereocenters. The van der Waals surface area contributed by atoms with Gasteiger partial charge in [-0.1, -0.05) is 109 Å². The molecule has 0 aliphatic carbocycles. The number of nitrogens with zero attached hydrogens (tertiary/aromatic N) is 2. The molecular formula is C34H32FN3OS. The molecule has 0 bridgehead atoms. The van der Waals surface area contributed by atoms with E-state index in [2.05, 4.69) is 63.7 Å². The molecule has 1 N–H and O–H groups in total. The predicted octanol–water partition coefficient (Wildman–Crippen LogP) is 7.44. The van der Waals surface area contributed by atoms with Crippen molar-refractivity contribution in [3.05, 3.63) is 159 Å². The first kappa shape index (κ1) is 27.4. The summed E-state index contributed by atoms with van der Waals surface area (Å²) in [6, 6.07) is 37.7. The zero-order valence-corrected chi connectivity index (χ0v) is 23.1. The molecule has 1 aromatic heterocycles. The predicted molar refractivity (Wildman–Crippen MR) is 160 cm³/mol. The molecular weight excluding hydrogens is 517 g/mol. The fourth-order valence-electron chi connectivity index (χ4n) is 4.84. The average Bonchev–Trinajstić information content (AvgIpc) is 3.47. The molecule has 1 amide bonds. The Bertz CT molecular complexity index is 1450. The molecule has 0 saturated heterocycles. The molecule has 0 saturated carbocycles. The van der Waals surface area contributed by atoms with E-state index in [0.717, 1.165) is 23.5 Å². The summed E-state index contributed by atoms with van der Waals surface area (Å²) >= 11 is 1.46. The molecule has 0 spiro atoms. The Balaban J connectivity index is 1.31. The second kappa shape index (κ2) is 13.8. The minimum absolute atomic E-state index is 0.194. The van der Waals surface area contributed by atoms with Gasteiger partial charge in [-0.2, -0.15) is 0 Å². The van der Waals surface area contributed by atoms with Crippen LogP contribution in [0.4, 0.5) is 4.39 Å². The lowest BCUT2D eigenvalue weighted by Gasteiger charge is -2.25. The van der Waals surface area contributed by atoms with E-state index in [1.807, 2.05) is 54.6 Å². The number of hydrogen-bond donors (Lipinski definition) is 1. The molecule has 6 heteroatoms. The standard InChI is InChI=1S/C34H32FN3OS/c35-31-19-11-10-18-29(31)23-38(21-20-30(27-14-6-2-7-15-27)28-16-8-3-9-17-28)24-33-37-32(25-40-33)34(39)36-22-26-12-4-1-5-13-26/h1-19,25,30H,20-24H2,(H,36,39). The summed E-state index contributed by atoms with van der Waals surface area (Å²) < 4.78 is 14.7. The van der Waals surface area contributed by atoms with Crippen LogP contribution in [0, 0.1) is 5.82 Å². The number of carbonyl (C=O) groups is 1. The second-order valence-electron chi connectivity index (χ2n) is 9.76. The molecule has 0 fully saturated rings. The molecule has 0 radical (unpaired) electrons. The zero-order valence-electron chi connectivity index (χ0n) is 22.2. The minimum atomic E-state index is -0.213. The van der Waals surface area contributed by atoms with Crippen LogP contribution in [0.2, 0.25) is 0 Å². The Morgan fingerprint density at radius 3 is 2.05 bits per heavy atom. The van der Waals surface area contributed by atoms with Crippen LogP contribution < -0.4 is 5.32 Å². The van der Waals surface area contributed by atoms with E-state index in [0.29, 0.717) is 30.9 Å². The molecule has 1 heterocycles. The lowest BCUT2D eigenvalue weighted by atomic mass is 9.88. The SMILES string of the molecule is O=C(NCc1ccccc1)c1csc(CN(CCC(c2ccccc2)c2ccccc2)Cc2ccccc2F)n1. The quantitative estimate of drug-likeness (QED) is 0.176. The van der Waals surface area contributed by atoms with E-state index in [9.17, 15) is 9.18 Å². The highest BCUT2D eigenvalue weighted by molar-refractivity contribution is 7.09. The van der Waals surface area contributed by atoms with E-state index in [1.165, 1.54) is 28.5 Å². The van der Waals surface area contributed by atoms with E-state index >= 15 is 0 Å². The van der Waals surface area contributed by atoms with Crippen molar-refractivity contribution in [2.24, 2.45) is 0 Å². The molecule has 202 valence electrons. The number of carbonyl (C=O) groups excluding carboxylic acids is 1. The number of aromatic nitrogens is 1. The number of nitrogens with one attached hydrogen (secondary N) is 1. The first-order chi connectivity index (χ1) is 19.7. The molecule has 5 aromatic rings. The van der Waals surface area contributed by atoms with Crippen molar-refractivity contribution in [3.8, 4) is 0 Å². The summed E-state index contributed by atoms with van der Waals surface area (Å²) in [5.74, 6) is -0.198. The highest BCUT2D eigenvalue weighted by atomic mass is 32.1. The maximum absolute atomic E-state index is 14.7. The largest absolute Gasteiger partial charge is 0.347 e. The highest BCUT2D eigenvalue weighted by Crippen LogP contribution is 2.29. The molecule has 0 aliphatic heterocycles. The van der Waals surface area contributed by atoms with E-state index in [-0.39, 0.29) is 17.6 Å². The second-order valence-corrected chi connectivity index (χ2v) is 10.7. The van der Waals surface area contributed by atoms with Gasteiger partial charge in [-0.05, 0) is 35.7 Å². The van der Waals surface area contributed by atoms with Gasteiger partial charge in [0.2, 0.25) is 0 Å². The summed E-state index contributed by atoms with van der Waals surface area (Å²) in [6.45, 7) is 2.17. The van der Waals surface area contributed by atoms with Gasteiger partial charge < -0.3 is 5.32 Å². The summed E-state index contributed by atoms with van der Waals surface area (Å²) in [4.78, 5) is 19.6.